The van der Waals surface area contributed by atoms with Crippen LogP contribution >= 0.6 is 0 Å². The van der Waals surface area contributed by atoms with E-state index in [-0.39, 0.29) is 0 Å². The Bertz CT molecular complexity index is 520. The molecule has 0 spiro atoms. The highest BCUT2D eigenvalue weighted by molar-refractivity contribution is 5.50. The molecule has 0 aliphatic heterocycles. The molecule has 0 heterocycles. The van der Waals surface area contributed by atoms with Crippen LogP contribution in [0.4, 0.5) is 0 Å². The summed E-state index contributed by atoms with van der Waals surface area (Å²) in [5.74, 6) is 1.19. The Labute approximate surface area is 128 Å². The second-order valence-electron chi connectivity index (χ2n) is 6.70. The Morgan fingerprint density at radius 1 is 0.762 bits per heavy atom. The van der Waals surface area contributed by atoms with E-state index in [4.69, 9.17) is 0 Å². The van der Waals surface area contributed by atoms with Crippen LogP contribution in [0.2, 0.25) is 0 Å². The number of allylic oxidation sites excluding steroid dienone is 8. The van der Waals surface area contributed by atoms with Crippen molar-refractivity contribution in [1.82, 2.24) is 9.80 Å². The van der Waals surface area contributed by atoms with Crippen molar-refractivity contribution < 1.29 is 0 Å². The van der Waals surface area contributed by atoms with E-state index in [1.54, 1.807) is 0 Å². The maximum absolute atomic E-state index is 2.40. The van der Waals surface area contributed by atoms with Crippen molar-refractivity contribution in [2.75, 3.05) is 28.2 Å². The molecule has 0 amide bonds. The van der Waals surface area contributed by atoms with Crippen molar-refractivity contribution in [3.63, 3.8) is 0 Å². The third kappa shape index (κ3) is 2.72. The van der Waals surface area contributed by atoms with Crippen molar-refractivity contribution >= 4 is 0 Å². The predicted molar refractivity (Wildman–Crippen MR) is 89.7 cm³/mol. The zero-order chi connectivity index (χ0) is 15.0. The predicted octanol–water partition coefficient (Wildman–Crippen LogP) is 3.73. The number of hydrogen-bond acceptors (Lipinski definition) is 2. The van der Waals surface area contributed by atoms with Crippen LogP contribution in [0.15, 0.2) is 59.0 Å². The normalized spacial score (nSPS) is 27.4. The van der Waals surface area contributed by atoms with Crippen LogP contribution in [0.5, 0.6) is 0 Å². The average Bonchev–Trinajstić information content (AvgIpc) is 2.65. The molecule has 3 rings (SSSR count). The summed E-state index contributed by atoms with van der Waals surface area (Å²) in [5.41, 5.74) is 5.69. The van der Waals surface area contributed by atoms with Gasteiger partial charge in [-0.05, 0) is 48.3 Å². The second-order valence-corrected chi connectivity index (χ2v) is 6.70. The summed E-state index contributed by atoms with van der Waals surface area (Å²) in [6, 6.07) is 0. The quantitative estimate of drug-likeness (QED) is 0.761. The first-order valence-electron chi connectivity index (χ1n) is 7.95. The highest BCUT2D eigenvalue weighted by Gasteiger charge is 2.27. The van der Waals surface area contributed by atoms with Gasteiger partial charge in [0.05, 0.1) is 0 Å². The van der Waals surface area contributed by atoms with Crippen molar-refractivity contribution in [3.8, 4) is 0 Å². The molecule has 2 unspecified atom stereocenters. The molecule has 0 N–H and O–H groups in total. The van der Waals surface area contributed by atoms with E-state index in [9.17, 15) is 0 Å². The summed E-state index contributed by atoms with van der Waals surface area (Å²) < 4.78 is 0. The number of hydrogen-bond donors (Lipinski definition) is 0. The zero-order valence-corrected chi connectivity index (χ0v) is 13.6. The van der Waals surface area contributed by atoms with Crippen LogP contribution in [-0.4, -0.2) is 38.0 Å². The second kappa shape index (κ2) is 5.59. The smallest absolute Gasteiger partial charge is 0.0361 e. The van der Waals surface area contributed by atoms with Crippen molar-refractivity contribution in [1.29, 1.82) is 0 Å². The molecule has 2 nitrogen and oxygen atoms in total. The summed E-state index contributed by atoms with van der Waals surface area (Å²) >= 11 is 0. The zero-order valence-electron chi connectivity index (χ0n) is 13.6. The number of rotatable bonds is 2. The highest BCUT2D eigenvalue weighted by atomic mass is 15.1. The van der Waals surface area contributed by atoms with Gasteiger partial charge in [0.2, 0.25) is 0 Å². The maximum Gasteiger partial charge on any atom is 0.0361 e. The lowest BCUT2D eigenvalue weighted by atomic mass is 9.83. The van der Waals surface area contributed by atoms with E-state index in [1.807, 2.05) is 0 Å². The third-order valence-corrected chi connectivity index (χ3v) is 4.80. The fourth-order valence-electron chi connectivity index (χ4n) is 3.48. The molecule has 0 aromatic rings. The topological polar surface area (TPSA) is 6.48 Å². The van der Waals surface area contributed by atoms with Gasteiger partial charge in [0.15, 0.2) is 0 Å². The average molecular weight is 282 g/mol. The minimum Gasteiger partial charge on any atom is -0.378 e. The molecule has 3 aliphatic rings. The number of likely N-dealkylation sites (N-methyl/N-ethyl adjacent to an activating group) is 2. The molecule has 21 heavy (non-hydrogen) atoms. The summed E-state index contributed by atoms with van der Waals surface area (Å²) in [6.07, 6.45) is 18.1. The Morgan fingerprint density at radius 2 is 1.19 bits per heavy atom. The minimum absolute atomic E-state index is 0.597. The molecule has 2 atom stereocenters. The molecule has 112 valence electrons. The van der Waals surface area contributed by atoms with Crippen LogP contribution in [0.1, 0.15) is 19.3 Å². The lowest BCUT2D eigenvalue weighted by Gasteiger charge is -2.27. The van der Waals surface area contributed by atoms with Gasteiger partial charge < -0.3 is 9.80 Å². The van der Waals surface area contributed by atoms with Crippen molar-refractivity contribution in [2.24, 2.45) is 11.8 Å². The largest absolute Gasteiger partial charge is 0.378 e. The molecule has 0 fully saturated rings. The Morgan fingerprint density at radius 3 is 1.57 bits per heavy atom. The third-order valence-electron chi connectivity index (χ3n) is 4.80. The maximum atomic E-state index is 2.40. The van der Waals surface area contributed by atoms with Crippen LogP contribution in [0.3, 0.4) is 0 Å². The summed E-state index contributed by atoms with van der Waals surface area (Å²) in [6.45, 7) is 0. The molecule has 0 saturated carbocycles. The first-order chi connectivity index (χ1) is 10.1. The van der Waals surface area contributed by atoms with E-state index in [0.29, 0.717) is 11.8 Å². The van der Waals surface area contributed by atoms with E-state index >= 15 is 0 Å². The van der Waals surface area contributed by atoms with Gasteiger partial charge in [-0.1, -0.05) is 18.6 Å². The van der Waals surface area contributed by atoms with Gasteiger partial charge in [0.25, 0.3) is 0 Å². The standard InChI is InChI=1S/C19H26N2/c1-20(2)16-10-8-14-6-5-7-15-9-11-17(21(3)4)13-19(15)18(14)12-16/h8-15H,5-7H2,1-4H3. The van der Waals surface area contributed by atoms with E-state index in [0.717, 1.165) is 0 Å². The van der Waals surface area contributed by atoms with Gasteiger partial charge in [-0.2, -0.15) is 0 Å². The molecular formula is C19H26N2. The Hall–Kier alpha value is -1.70. The van der Waals surface area contributed by atoms with Gasteiger partial charge in [0, 0.05) is 51.4 Å². The molecule has 3 aliphatic carbocycles. The molecule has 2 heteroatoms. The Kier molecular flexibility index (Phi) is 3.79. The van der Waals surface area contributed by atoms with Gasteiger partial charge >= 0.3 is 0 Å². The Balaban J connectivity index is 2.09. The van der Waals surface area contributed by atoms with E-state index < -0.39 is 0 Å². The van der Waals surface area contributed by atoms with Gasteiger partial charge in [-0.25, -0.2) is 0 Å². The molecule has 0 saturated heterocycles. The van der Waals surface area contributed by atoms with Gasteiger partial charge in [-0.15, -0.1) is 0 Å². The van der Waals surface area contributed by atoms with Crippen LogP contribution in [-0.2, 0) is 0 Å². The summed E-state index contributed by atoms with van der Waals surface area (Å²) in [7, 11) is 8.49. The van der Waals surface area contributed by atoms with Gasteiger partial charge in [-0.3, -0.25) is 0 Å². The molecule has 0 bridgehead atoms. The monoisotopic (exact) mass is 282 g/mol. The van der Waals surface area contributed by atoms with Crippen molar-refractivity contribution in [2.45, 2.75) is 19.3 Å². The first-order valence-corrected chi connectivity index (χ1v) is 7.95. The number of nitrogens with zero attached hydrogens (tertiary/aromatic N) is 2. The first kappa shape index (κ1) is 14.2. The SMILES string of the molecule is CN(C)C1=CC2=C3C=C(N(C)C)C=CC3CCCC2C=C1. The molecule has 0 aromatic heterocycles. The van der Waals surface area contributed by atoms with Crippen LogP contribution in [0.25, 0.3) is 0 Å². The van der Waals surface area contributed by atoms with Crippen LogP contribution < -0.4 is 0 Å². The van der Waals surface area contributed by atoms with E-state index in [1.165, 1.54) is 41.8 Å². The highest BCUT2D eigenvalue weighted by Crippen LogP contribution is 2.40. The summed E-state index contributed by atoms with van der Waals surface area (Å²) in [4.78, 5) is 4.41. The lowest BCUT2D eigenvalue weighted by Crippen LogP contribution is -2.17. The summed E-state index contributed by atoms with van der Waals surface area (Å²) in [5, 5.41) is 0. The number of fused-ring (bicyclic) bond motifs is 2. The molecule has 0 aromatic carbocycles. The molecule has 0 radical (unpaired) electrons. The van der Waals surface area contributed by atoms with E-state index in [2.05, 4.69) is 74.4 Å². The molecular weight excluding hydrogens is 256 g/mol. The lowest BCUT2D eigenvalue weighted by molar-refractivity contribution is 0.520. The van der Waals surface area contributed by atoms with Gasteiger partial charge in [0.1, 0.15) is 0 Å². The van der Waals surface area contributed by atoms with Crippen LogP contribution in [0, 0.1) is 11.8 Å². The minimum atomic E-state index is 0.597. The fourth-order valence-corrected chi connectivity index (χ4v) is 3.48. The van der Waals surface area contributed by atoms with Crippen molar-refractivity contribution in [3.05, 3.63) is 59.0 Å². The fraction of sp³-hybridized carbons (Fsp3) is 0.474.